The second-order valence-corrected chi connectivity index (χ2v) is 1.10. The Morgan fingerprint density at radius 1 is 1.67 bits per heavy atom. The van der Waals surface area contributed by atoms with Crippen LogP contribution in [0.4, 0.5) is 0 Å². The van der Waals surface area contributed by atoms with E-state index in [1.165, 1.54) is 0 Å². The van der Waals surface area contributed by atoms with Crippen LogP contribution < -0.4 is 0 Å². The van der Waals surface area contributed by atoms with E-state index >= 15 is 0 Å². The second kappa shape index (κ2) is 3.65. The third-order valence-electron chi connectivity index (χ3n) is 0.445. The SMILES string of the molecule is CCO[N+]([O-])=C[N+](=O)[O-]. The molecule has 0 amide bonds. The van der Waals surface area contributed by atoms with E-state index in [1.807, 2.05) is 0 Å². The van der Waals surface area contributed by atoms with E-state index in [9.17, 15) is 15.3 Å². The summed E-state index contributed by atoms with van der Waals surface area (Å²) in [4.78, 5) is 12.6. The van der Waals surface area contributed by atoms with Gasteiger partial charge in [-0.25, -0.2) is 0 Å². The highest BCUT2D eigenvalue weighted by molar-refractivity contribution is 5.35. The van der Waals surface area contributed by atoms with Gasteiger partial charge in [-0.05, 0) is 0 Å². The summed E-state index contributed by atoms with van der Waals surface area (Å²) in [5.74, 6) is 0. The van der Waals surface area contributed by atoms with Crippen LogP contribution in [0.25, 0.3) is 0 Å². The Hall–Kier alpha value is -1.33. The fourth-order valence-corrected chi connectivity index (χ4v) is 0.238. The molecule has 6 nitrogen and oxygen atoms in total. The van der Waals surface area contributed by atoms with Crippen LogP contribution in [-0.4, -0.2) is 22.8 Å². The van der Waals surface area contributed by atoms with E-state index in [4.69, 9.17) is 0 Å². The molecule has 0 atom stereocenters. The van der Waals surface area contributed by atoms with Gasteiger partial charge in [-0.2, -0.15) is 0 Å². The van der Waals surface area contributed by atoms with Crippen molar-refractivity contribution in [1.29, 1.82) is 0 Å². The minimum Gasteiger partial charge on any atom is -0.399 e. The van der Waals surface area contributed by atoms with Crippen LogP contribution in [-0.2, 0) is 4.84 Å². The summed E-state index contributed by atoms with van der Waals surface area (Å²) in [6.07, 6.45) is 0.198. The largest absolute Gasteiger partial charge is 0.521 e. The van der Waals surface area contributed by atoms with Gasteiger partial charge in [-0.1, -0.05) is 6.92 Å². The Bertz CT molecular complexity index is 132. The normalized spacial score (nSPS) is 11.0. The smallest absolute Gasteiger partial charge is 0.399 e. The fourth-order valence-electron chi connectivity index (χ4n) is 0.238. The van der Waals surface area contributed by atoms with Gasteiger partial charge in [-0.15, -0.1) is 0 Å². The van der Waals surface area contributed by atoms with Crippen LogP contribution in [0.2, 0.25) is 0 Å². The van der Waals surface area contributed by atoms with Crippen LogP contribution in [0.5, 0.6) is 0 Å². The third-order valence-corrected chi connectivity index (χ3v) is 0.445. The van der Waals surface area contributed by atoms with Crippen molar-refractivity contribution in [2.75, 3.05) is 6.61 Å². The quantitative estimate of drug-likeness (QED) is 0.175. The molecule has 0 aliphatic carbocycles. The average molecular weight is 134 g/mol. The molecule has 0 aliphatic heterocycles. The Morgan fingerprint density at radius 3 is 2.56 bits per heavy atom. The number of nitrogens with zero attached hydrogens (tertiary/aromatic N) is 2. The molecule has 0 aromatic rings. The van der Waals surface area contributed by atoms with E-state index in [0.29, 0.717) is 0 Å². The van der Waals surface area contributed by atoms with Gasteiger partial charge < -0.3 is 4.84 Å². The molecule has 0 heterocycles. The maximum atomic E-state index is 10.1. The number of hydrogen-bond donors (Lipinski definition) is 0. The highest BCUT2D eigenvalue weighted by Gasteiger charge is 1.98. The molecule has 0 saturated heterocycles. The van der Waals surface area contributed by atoms with Crippen molar-refractivity contribution >= 4 is 6.34 Å². The summed E-state index contributed by atoms with van der Waals surface area (Å²) in [5, 5.41) is 19.6. The van der Waals surface area contributed by atoms with Gasteiger partial charge in [-0.3, -0.25) is 15.3 Å². The van der Waals surface area contributed by atoms with Crippen molar-refractivity contribution in [1.82, 2.24) is 0 Å². The van der Waals surface area contributed by atoms with Gasteiger partial charge in [0, 0.05) is 0 Å². The Labute approximate surface area is 51.0 Å². The predicted molar refractivity (Wildman–Crippen MR) is 28.3 cm³/mol. The van der Waals surface area contributed by atoms with E-state index in [1.54, 1.807) is 6.92 Å². The summed E-state index contributed by atoms with van der Waals surface area (Å²) in [5.41, 5.74) is 0. The minimum absolute atomic E-state index is 0.119. The van der Waals surface area contributed by atoms with Crippen LogP contribution in [0.3, 0.4) is 0 Å². The van der Waals surface area contributed by atoms with Gasteiger partial charge in [0.1, 0.15) is 9.83 Å². The van der Waals surface area contributed by atoms with Gasteiger partial charge in [0.25, 0.3) is 0 Å². The molecule has 0 aliphatic rings. The lowest BCUT2D eigenvalue weighted by Gasteiger charge is -1.94. The highest BCUT2D eigenvalue weighted by Crippen LogP contribution is 1.71. The summed E-state index contributed by atoms with van der Waals surface area (Å²) < 4.78 is 0. The third kappa shape index (κ3) is 4.52. The molecule has 6 heteroatoms. The molecule has 9 heavy (non-hydrogen) atoms. The molecule has 0 saturated carbocycles. The molecule has 0 fully saturated rings. The zero-order valence-electron chi connectivity index (χ0n) is 4.81. The fraction of sp³-hybridized carbons (Fsp3) is 0.667. The Morgan fingerprint density at radius 2 is 2.22 bits per heavy atom. The molecule has 0 spiro atoms. The first-order valence-corrected chi connectivity index (χ1v) is 2.24. The molecule has 52 valence electrons. The monoisotopic (exact) mass is 134 g/mol. The maximum absolute atomic E-state index is 10.1. The van der Waals surface area contributed by atoms with Crippen molar-refractivity contribution < 1.29 is 14.7 Å². The second-order valence-electron chi connectivity index (χ2n) is 1.10. The topological polar surface area (TPSA) is 78.4 Å². The molecule has 0 bridgehead atoms. The van der Waals surface area contributed by atoms with E-state index in [2.05, 4.69) is 4.84 Å². The summed E-state index contributed by atoms with van der Waals surface area (Å²) in [6, 6.07) is 0. The highest BCUT2D eigenvalue weighted by atomic mass is 16.9. The standard InChI is InChI=1S/C3H6N2O4/c1-2-9-5(8)3-4(6)7/h3H,2H2,1H3. The summed E-state index contributed by atoms with van der Waals surface area (Å²) in [7, 11) is 0. The van der Waals surface area contributed by atoms with Crippen molar-refractivity contribution in [3.05, 3.63) is 15.3 Å². The zero-order chi connectivity index (χ0) is 7.28. The lowest BCUT2D eigenvalue weighted by atomic mass is 10.9. The van der Waals surface area contributed by atoms with Crippen molar-refractivity contribution in [2.45, 2.75) is 6.92 Å². The van der Waals surface area contributed by atoms with Crippen LogP contribution in [0.15, 0.2) is 0 Å². The van der Waals surface area contributed by atoms with Gasteiger partial charge in [0.05, 0.1) is 6.61 Å². The van der Waals surface area contributed by atoms with Crippen LogP contribution >= 0.6 is 0 Å². The molecular weight excluding hydrogens is 128 g/mol. The maximum Gasteiger partial charge on any atom is 0.521 e. The molecule has 0 rings (SSSR count). The van der Waals surface area contributed by atoms with E-state index < -0.39 is 4.92 Å². The van der Waals surface area contributed by atoms with E-state index in [0.717, 1.165) is 0 Å². The molecule has 0 aromatic carbocycles. The average Bonchev–Trinajstić information content (AvgIpc) is 1.63. The lowest BCUT2D eigenvalue weighted by molar-refractivity contribution is -0.754. The predicted octanol–water partition coefficient (Wildman–Crippen LogP) is -0.247. The Kier molecular flexibility index (Phi) is 3.11. The van der Waals surface area contributed by atoms with Gasteiger partial charge >= 0.3 is 6.34 Å². The van der Waals surface area contributed by atoms with E-state index in [-0.39, 0.29) is 17.8 Å². The number of rotatable bonds is 3. The van der Waals surface area contributed by atoms with Crippen molar-refractivity contribution in [3.8, 4) is 0 Å². The van der Waals surface area contributed by atoms with Crippen LogP contribution in [0.1, 0.15) is 6.92 Å². The van der Waals surface area contributed by atoms with Crippen LogP contribution in [0, 0.1) is 15.3 Å². The first kappa shape index (κ1) is 7.67. The first-order chi connectivity index (χ1) is 4.16. The summed E-state index contributed by atoms with van der Waals surface area (Å²) >= 11 is 0. The lowest BCUT2D eigenvalue weighted by Crippen LogP contribution is -2.11. The summed E-state index contributed by atoms with van der Waals surface area (Å²) in [6.45, 7) is 1.67. The molecule has 0 N–H and O–H groups in total. The Balaban J connectivity index is 3.69. The van der Waals surface area contributed by atoms with Gasteiger partial charge in [0.15, 0.2) is 0 Å². The zero-order valence-corrected chi connectivity index (χ0v) is 4.81. The number of hydrogen-bond acceptors (Lipinski definition) is 4. The van der Waals surface area contributed by atoms with Crippen molar-refractivity contribution in [3.63, 3.8) is 0 Å². The number of nitro groups is 1. The van der Waals surface area contributed by atoms with Gasteiger partial charge in [0.2, 0.25) is 0 Å². The molecule has 0 radical (unpaired) electrons. The molecular formula is C3H6N2O4. The van der Waals surface area contributed by atoms with Crippen molar-refractivity contribution in [2.24, 2.45) is 0 Å². The first-order valence-electron chi connectivity index (χ1n) is 2.24. The molecule has 0 aromatic heterocycles. The molecule has 0 unspecified atom stereocenters. The minimum atomic E-state index is -0.886.